The predicted molar refractivity (Wildman–Crippen MR) is 111 cm³/mol. The second-order valence-electron chi connectivity index (χ2n) is 7.34. The molecule has 0 aliphatic carbocycles. The van der Waals surface area contributed by atoms with Crippen molar-refractivity contribution in [3.8, 4) is 5.75 Å². The number of ether oxygens (including phenoxy) is 1. The van der Waals surface area contributed by atoms with E-state index in [-0.39, 0.29) is 11.8 Å². The summed E-state index contributed by atoms with van der Waals surface area (Å²) in [5, 5.41) is 2.92. The number of likely N-dealkylation sites (tertiary alicyclic amines) is 1. The lowest BCUT2D eigenvalue weighted by Gasteiger charge is -2.32. The SMILES string of the molecule is COc1cccc(NC(=O)CCC2CCN(C(=O)CCc3cnccn3)CC2)c1. The molecular weight excluding hydrogens is 368 g/mol. The fourth-order valence-corrected chi connectivity index (χ4v) is 3.58. The van der Waals surface area contributed by atoms with Crippen LogP contribution in [0.25, 0.3) is 0 Å². The zero-order valence-electron chi connectivity index (χ0n) is 16.8. The third-order valence-corrected chi connectivity index (χ3v) is 5.31. The number of nitrogens with zero attached hydrogens (tertiary/aromatic N) is 3. The summed E-state index contributed by atoms with van der Waals surface area (Å²) >= 11 is 0. The third kappa shape index (κ3) is 6.55. The van der Waals surface area contributed by atoms with Crippen LogP contribution in [-0.2, 0) is 16.0 Å². The monoisotopic (exact) mass is 396 g/mol. The molecule has 7 nitrogen and oxygen atoms in total. The molecule has 1 aromatic carbocycles. The van der Waals surface area contributed by atoms with Crippen LogP contribution in [-0.4, -0.2) is 46.9 Å². The van der Waals surface area contributed by atoms with E-state index in [1.165, 1.54) is 0 Å². The van der Waals surface area contributed by atoms with Crippen LogP contribution in [0.1, 0.15) is 37.8 Å². The van der Waals surface area contributed by atoms with E-state index in [0.29, 0.717) is 25.2 Å². The molecule has 1 aliphatic heterocycles. The Kier molecular flexibility index (Phi) is 7.55. The van der Waals surface area contributed by atoms with Gasteiger partial charge in [-0.05, 0) is 43.7 Å². The maximum Gasteiger partial charge on any atom is 0.224 e. The number of aromatic nitrogens is 2. The van der Waals surface area contributed by atoms with E-state index in [1.807, 2.05) is 29.2 Å². The number of anilines is 1. The van der Waals surface area contributed by atoms with E-state index in [4.69, 9.17) is 4.74 Å². The summed E-state index contributed by atoms with van der Waals surface area (Å²) in [4.78, 5) is 34.8. The number of amides is 2. The molecule has 3 rings (SSSR count). The maximum atomic E-state index is 12.4. The Balaban J connectivity index is 1.35. The van der Waals surface area contributed by atoms with Crippen molar-refractivity contribution in [2.24, 2.45) is 5.92 Å². The molecule has 1 saturated heterocycles. The number of aryl methyl sites for hydroxylation is 1. The van der Waals surface area contributed by atoms with Crippen LogP contribution in [0.5, 0.6) is 5.75 Å². The number of hydrogen-bond acceptors (Lipinski definition) is 5. The predicted octanol–water partition coefficient (Wildman–Crippen LogP) is 3.08. The first kappa shape index (κ1) is 20.8. The first-order chi connectivity index (χ1) is 14.1. The molecule has 0 unspecified atom stereocenters. The number of benzene rings is 1. The molecule has 1 aliphatic rings. The second kappa shape index (κ2) is 10.5. The van der Waals surface area contributed by atoms with Crippen LogP contribution >= 0.6 is 0 Å². The van der Waals surface area contributed by atoms with Crippen LogP contribution in [0.4, 0.5) is 5.69 Å². The van der Waals surface area contributed by atoms with E-state index in [1.54, 1.807) is 25.7 Å². The van der Waals surface area contributed by atoms with E-state index < -0.39 is 0 Å². The Morgan fingerprint density at radius 1 is 1.21 bits per heavy atom. The minimum Gasteiger partial charge on any atom is -0.497 e. The van der Waals surface area contributed by atoms with E-state index in [9.17, 15) is 9.59 Å². The number of carbonyl (C=O) groups is 2. The van der Waals surface area contributed by atoms with Crippen molar-refractivity contribution >= 4 is 17.5 Å². The average Bonchev–Trinajstić information content (AvgIpc) is 2.77. The lowest BCUT2D eigenvalue weighted by Crippen LogP contribution is -2.38. The van der Waals surface area contributed by atoms with Crippen molar-refractivity contribution in [2.45, 2.75) is 38.5 Å². The van der Waals surface area contributed by atoms with E-state index in [2.05, 4.69) is 15.3 Å². The van der Waals surface area contributed by atoms with Crippen LogP contribution in [0, 0.1) is 5.92 Å². The van der Waals surface area contributed by atoms with Gasteiger partial charge in [0.15, 0.2) is 0 Å². The van der Waals surface area contributed by atoms with Crippen LogP contribution in [0.3, 0.4) is 0 Å². The number of hydrogen-bond donors (Lipinski definition) is 1. The van der Waals surface area contributed by atoms with Gasteiger partial charge in [0.1, 0.15) is 5.75 Å². The first-order valence-corrected chi connectivity index (χ1v) is 10.1. The molecule has 1 fully saturated rings. The summed E-state index contributed by atoms with van der Waals surface area (Å²) in [6, 6.07) is 7.36. The first-order valence-electron chi connectivity index (χ1n) is 10.1. The number of methoxy groups -OCH3 is 1. The van der Waals surface area contributed by atoms with Crippen molar-refractivity contribution < 1.29 is 14.3 Å². The van der Waals surface area contributed by atoms with Gasteiger partial charge in [-0.3, -0.25) is 19.6 Å². The smallest absolute Gasteiger partial charge is 0.224 e. The molecule has 0 spiro atoms. The highest BCUT2D eigenvalue weighted by atomic mass is 16.5. The van der Waals surface area contributed by atoms with E-state index in [0.717, 1.165) is 49.5 Å². The average molecular weight is 396 g/mol. The summed E-state index contributed by atoms with van der Waals surface area (Å²) in [7, 11) is 1.60. The summed E-state index contributed by atoms with van der Waals surface area (Å²) in [5.74, 6) is 1.39. The highest BCUT2D eigenvalue weighted by Crippen LogP contribution is 2.23. The summed E-state index contributed by atoms with van der Waals surface area (Å²) in [5.41, 5.74) is 1.59. The minimum absolute atomic E-state index is 0.0146. The molecule has 2 aromatic rings. The number of carbonyl (C=O) groups excluding carboxylic acids is 2. The minimum atomic E-state index is 0.0146. The van der Waals surface area contributed by atoms with Gasteiger partial charge in [0.25, 0.3) is 0 Å². The molecule has 0 saturated carbocycles. The Hall–Kier alpha value is -2.96. The normalized spacial score (nSPS) is 14.4. The Morgan fingerprint density at radius 3 is 2.76 bits per heavy atom. The highest BCUT2D eigenvalue weighted by molar-refractivity contribution is 5.90. The molecule has 29 heavy (non-hydrogen) atoms. The van der Waals surface area contributed by atoms with Crippen molar-refractivity contribution in [1.29, 1.82) is 0 Å². The van der Waals surface area contributed by atoms with E-state index >= 15 is 0 Å². The van der Waals surface area contributed by atoms with Gasteiger partial charge < -0.3 is 15.0 Å². The standard InChI is InChI=1S/C22H28N4O3/c1-29-20-4-2-3-18(15-20)25-21(27)7-5-17-9-13-26(14-10-17)22(28)8-6-19-16-23-11-12-24-19/h2-4,11-12,15-17H,5-10,13-14H2,1H3,(H,25,27). The van der Waals surface area contributed by atoms with Gasteiger partial charge in [-0.25, -0.2) is 0 Å². The second-order valence-corrected chi connectivity index (χ2v) is 7.34. The van der Waals surface area contributed by atoms with Gasteiger partial charge in [0, 0.05) is 56.3 Å². The summed E-state index contributed by atoms with van der Waals surface area (Å²) in [6.45, 7) is 1.53. The maximum absolute atomic E-state index is 12.4. The molecule has 0 atom stereocenters. The molecule has 1 N–H and O–H groups in total. The van der Waals surface area contributed by atoms with Crippen molar-refractivity contribution in [3.63, 3.8) is 0 Å². The third-order valence-electron chi connectivity index (χ3n) is 5.31. The van der Waals surface area contributed by atoms with Gasteiger partial charge in [0.2, 0.25) is 11.8 Å². The molecular formula is C22H28N4O3. The molecule has 1 aromatic heterocycles. The van der Waals surface area contributed by atoms with Gasteiger partial charge >= 0.3 is 0 Å². The van der Waals surface area contributed by atoms with Crippen molar-refractivity contribution in [3.05, 3.63) is 48.5 Å². The van der Waals surface area contributed by atoms with Gasteiger partial charge in [0.05, 0.1) is 12.8 Å². The largest absolute Gasteiger partial charge is 0.497 e. The van der Waals surface area contributed by atoms with Crippen LogP contribution in [0.2, 0.25) is 0 Å². The highest BCUT2D eigenvalue weighted by Gasteiger charge is 2.23. The van der Waals surface area contributed by atoms with Crippen LogP contribution in [0.15, 0.2) is 42.9 Å². The number of nitrogens with one attached hydrogen (secondary N) is 1. The number of rotatable bonds is 8. The zero-order valence-corrected chi connectivity index (χ0v) is 16.8. The topological polar surface area (TPSA) is 84.4 Å². The molecule has 154 valence electrons. The van der Waals surface area contributed by atoms with Gasteiger partial charge in [-0.1, -0.05) is 6.07 Å². The molecule has 7 heteroatoms. The lowest BCUT2D eigenvalue weighted by molar-refractivity contribution is -0.132. The lowest BCUT2D eigenvalue weighted by atomic mass is 9.92. The van der Waals surface area contributed by atoms with Crippen LogP contribution < -0.4 is 10.1 Å². The Bertz CT molecular complexity index is 805. The fourth-order valence-electron chi connectivity index (χ4n) is 3.58. The molecule has 0 radical (unpaired) electrons. The Morgan fingerprint density at radius 2 is 2.03 bits per heavy atom. The quantitative estimate of drug-likeness (QED) is 0.741. The fraction of sp³-hybridized carbons (Fsp3) is 0.455. The van der Waals surface area contributed by atoms with Crippen molar-refractivity contribution in [1.82, 2.24) is 14.9 Å². The Labute approximate surface area is 171 Å². The molecule has 2 heterocycles. The van der Waals surface area contributed by atoms with Crippen molar-refractivity contribution in [2.75, 3.05) is 25.5 Å². The number of piperidine rings is 1. The zero-order chi connectivity index (χ0) is 20.5. The summed E-state index contributed by atoms with van der Waals surface area (Å²) < 4.78 is 5.17. The van der Waals surface area contributed by atoms with Gasteiger partial charge in [-0.15, -0.1) is 0 Å². The molecule has 0 bridgehead atoms. The molecule has 2 amide bonds. The summed E-state index contributed by atoms with van der Waals surface area (Å²) in [6.07, 6.45) is 9.30. The van der Waals surface area contributed by atoms with Gasteiger partial charge in [-0.2, -0.15) is 0 Å².